The van der Waals surface area contributed by atoms with Gasteiger partial charge in [-0.2, -0.15) is 11.8 Å². The van der Waals surface area contributed by atoms with Crippen molar-refractivity contribution < 1.29 is 9.53 Å². The molecule has 2 aromatic rings. The number of ether oxygens (including phenoxy) is 1. The minimum absolute atomic E-state index is 0.00457. The first-order valence-corrected chi connectivity index (χ1v) is 15.0. The van der Waals surface area contributed by atoms with E-state index in [0.29, 0.717) is 23.6 Å². The van der Waals surface area contributed by atoms with Crippen molar-refractivity contribution in [3.8, 4) is 0 Å². The molecule has 0 radical (unpaired) electrons. The Balaban J connectivity index is 1.49. The number of aliphatic imine (C=N–C) groups is 1. The summed E-state index contributed by atoms with van der Waals surface area (Å²) in [4.78, 5) is 22.7. The zero-order valence-corrected chi connectivity index (χ0v) is 24.0. The number of hydrogen-bond acceptors (Lipinski definition) is 6. The molecule has 5 nitrogen and oxygen atoms in total. The summed E-state index contributed by atoms with van der Waals surface area (Å²) < 4.78 is 5.33. The SMILES string of the molecule is COC(=O)C1(CSC)N=CN(Cc2ccccc2)C1CC1CCC(C(c2ccc(Cl)cc2)N(C)C)CC1. The number of carbonyl (C=O) groups is 1. The van der Waals surface area contributed by atoms with Crippen LogP contribution in [0.25, 0.3) is 0 Å². The number of methoxy groups -OCH3 is 1. The van der Waals surface area contributed by atoms with Crippen LogP contribution in [-0.2, 0) is 16.1 Å². The van der Waals surface area contributed by atoms with E-state index in [1.165, 1.54) is 31.1 Å². The highest BCUT2D eigenvalue weighted by Crippen LogP contribution is 2.43. The average Bonchev–Trinajstić information content (AvgIpc) is 3.24. The number of halogens is 1. The first-order valence-electron chi connectivity index (χ1n) is 13.2. The van der Waals surface area contributed by atoms with Gasteiger partial charge >= 0.3 is 5.97 Å². The van der Waals surface area contributed by atoms with Crippen molar-refractivity contribution in [3.05, 3.63) is 70.7 Å². The predicted molar refractivity (Wildman–Crippen MR) is 155 cm³/mol. The van der Waals surface area contributed by atoms with Gasteiger partial charge in [0.1, 0.15) is 0 Å². The van der Waals surface area contributed by atoms with Crippen LogP contribution in [0.2, 0.25) is 5.02 Å². The molecule has 0 aromatic heterocycles. The van der Waals surface area contributed by atoms with Crippen molar-refractivity contribution in [2.75, 3.05) is 33.2 Å². The van der Waals surface area contributed by atoms with E-state index in [0.717, 1.165) is 30.8 Å². The lowest BCUT2D eigenvalue weighted by Gasteiger charge is -2.41. The van der Waals surface area contributed by atoms with Crippen LogP contribution in [0.3, 0.4) is 0 Å². The molecule has 1 heterocycles. The third-order valence-electron chi connectivity index (χ3n) is 8.16. The Hall–Kier alpha value is -2.02. The maximum absolute atomic E-state index is 13.2. The van der Waals surface area contributed by atoms with Crippen molar-refractivity contribution in [1.82, 2.24) is 9.80 Å². The Labute approximate surface area is 231 Å². The number of thioether (sulfide) groups is 1. The van der Waals surface area contributed by atoms with Crippen molar-refractivity contribution in [2.45, 2.75) is 56.3 Å². The van der Waals surface area contributed by atoms with Gasteiger partial charge in [-0.15, -0.1) is 0 Å². The van der Waals surface area contributed by atoms with Crippen LogP contribution in [0.15, 0.2) is 59.6 Å². The predicted octanol–water partition coefficient (Wildman–Crippen LogP) is 6.33. The van der Waals surface area contributed by atoms with Crippen LogP contribution < -0.4 is 0 Å². The fraction of sp³-hybridized carbons (Fsp3) is 0.533. The molecule has 0 spiro atoms. The summed E-state index contributed by atoms with van der Waals surface area (Å²) in [6, 6.07) is 19.2. The minimum Gasteiger partial charge on any atom is -0.467 e. The molecular formula is C30H40ClN3O2S. The third-order valence-corrected chi connectivity index (χ3v) is 9.14. The smallest absolute Gasteiger partial charge is 0.336 e. The molecule has 0 N–H and O–H groups in total. The van der Waals surface area contributed by atoms with E-state index in [4.69, 9.17) is 21.3 Å². The molecule has 1 saturated carbocycles. The normalized spacial score (nSPS) is 26.4. The first kappa shape index (κ1) is 28.0. The van der Waals surface area contributed by atoms with Gasteiger partial charge in [0.15, 0.2) is 5.54 Å². The number of hydrogen-bond donors (Lipinski definition) is 0. The summed E-state index contributed by atoms with van der Waals surface area (Å²) in [5, 5.41) is 0.781. The van der Waals surface area contributed by atoms with E-state index in [1.54, 1.807) is 11.8 Å². The van der Waals surface area contributed by atoms with Gasteiger partial charge in [-0.05, 0) is 74.7 Å². The highest BCUT2D eigenvalue weighted by Gasteiger charge is 2.52. The fourth-order valence-electron chi connectivity index (χ4n) is 6.38. The summed E-state index contributed by atoms with van der Waals surface area (Å²) in [7, 11) is 5.84. The highest BCUT2D eigenvalue weighted by molar-refractivity contribution is 7.98. The van der Waals surface area contributed by atoms with E-state index in [9.17, 15) is 4.79 Å². The number of benzene rings is 2. The second-order valence-electron chi connectivity index (χ2n) is 10.7. The molecule has 1 aliphatic carbocycles. The van der Waals surface area contributed by atoms with Gasteiger partial charge in [-0.25, -0.2) is 4.79 Å². The molecule has 0 amide bonds. The molecule has 200 valence electrons. The standard InChI is InChI=1S/C30H40ClN3O2S/c1-33(2)28(25-14-16-26(31)17-15-25)24-12-10-22(11-13-24)18-27-30(20-37-4,29(35)36-3)32-21-34(27)19-23-8-6-5-7-9-23/h5-9,14-17,21-22,24,27-28H,10-13,18-20H2,1-4H3. The van der Waals surface area contributed by atoms with E-state index in [-0.39, 0.29) is 12.0 Å². The molecule has 3 atom stereocenters. The van der Waals surface area contributed by atoms with Gasteiger partial charge in [0.05, 0.1) is 19.5 Å². The monoisotopic (exact) mass is 541 g/mol. The Morgan fingerprint density at radius 1 is 1.14 bits per heavy atom. The van der Waals surface area contributed by atoms with Gasteiger partial charge < -0.3 is 14.5 Å². The molecule has 2 aliphatic rings. The molecule has 37 heavy (non-hydrogen) atoms. The van der Waals surface area contributed by atoms with Gasteiger partial charge in [-0.1, -0.05) is 66.9 Å². The van der Waals surface area contributed by atoms with Gasteiger partial charge in [0, 0.05) is 23.4 Å². The number of nitrogens with zero attached hydrogens (tertiary/aromatic N) is 3. The quantitative estimate of drug-likeness (QED) is 0.329. The largest absolute Gasteiger partial charge is 0.467 e. The number of carbonyl (C=O) groups excluding carboxylic acids is 1. The fourth-order valence-corrected chi connectivity index (χ4v) is 7.33. The number of esters is 1. The van der Waals surface area contributed by atoms with E-state index in [1.807, 2.05) is 30.8 Å². The molecular weight excluding hydrogens is 502 g/mol. The molecule has 3 unspecified atom stereocenters. The third kappa shape index (κ3) is 6.35. The van der Waals surface area contributed by atoms with Crippen LogP contribution in [0.4, 0.5) is 0 Å². The Morgan fingerprint density at radius 2 is 1.81 bits per heavy atom. The van der Waals surface area contributed by atoms with Crippen molar-refractivity contribution >= 4 is 35.7 Å². The van der Waals surface area contributed by atoms with Crippen molar-refractivity contribution in [1.29, 1.82) is 0 Å². The zero-order chi connectivity index (χ0) is 26.4. The van der Waals surface area contributed by atoms with Gasteiger partial charge in [-0.3, -0.25) is 4.99 Å². The first-order chi connectivity index (χ1) is 17.9. The molecule has 1 fully saturated rings. The van der Waals surface area contributed by atoms with Gasteiger partial charge in [0.25, 0.3) is 0 Å². The summed E-state index contributed by atoms with van der Waals surface area (Å²) in [5.74, 6) is 1.56. The van der Waals surface area contributed by atoms with Crippen molar-refractivity contribution in [3.63, 3.8) is 0 Å². The Bertz CT molecular complexity index is 1040. The highest BCUT2D eigenvalue weighted by atomic mass is 35.5. The minimum atomic E-state index is -0.852. The van der Waals surface area contributed by atoms with Gasteiger partial charge in [0.2, 0.25) is 0 Å². The van der Waals surface area contributed by atoms with E-state index in [2.05, 4.69) is 60.3 Å². The maximum Gasteiger partial charge on any atom is 0.336 e. The summed E-state index contributed by atoms with van der Waals surface area (Å²) in [6.45, 7) is 0.747. The van der Waals surface area contributed by atoms with Crippen LogP contribution >= 0.6 is 23.4 Å². The Kier molecular flexibility index (Phi) is 9.60. The summed E-state index contributed by atoms with van der Waals surface area (Å²) in [6.07, 6.45) is 9.57. The average molecular weight is 542 g/mol. The summed E-state index contributed by atoms with van der Waals surface area (Å²) >= 11 is 7.83. The molecule has 7 heteroatoms. The maximum atomic E-state index is 13.2. The van der Waals surface area contributed by atoms with Crippen LogP contribution in [0.1, 0.15) is 49.3 Å². The van der Waals surface area contributed by atoms with Crippen LogP contribution in [-0.4, -0.2) is 66.9 Å². The van der Waals surface area contributed by atoms with Crippen LogP contribution in [0.5, 0.6) is 0 Å². The second-order valence-corrected chi connectivity index (χ2v) is 12.0. The van der Waals surface area contributed by atoms with E-state index < -0.39 is 5.54 Å². The molecule has 0 saturated heterocycles. The lowest BCUT2D eigenvalue weighted by atomic mass is 9.73. The van der Waals surface area contributed by atoms with Crippen LogP contribution in [0, 0.1) is 11.8 Å². The molecule has 4 rings (SSSR count). The van der Waals surface area contributed by atoms with E-state index >= 15 is 0 Å². The lowest BCUT2D eigenvalue weighted by molar-refractivity contribution is -0.147. The topological polar surface area (TPSA) is 45.1 Å². The summed E-state index contributed by atoms with van der Waals surface area (Å²) in [5.41, 5.74) is 1.71. The molecule has 0 bridgehead atoms. The zero-order valence-electron chi connectivity index (χ0n) is 22.5. The Morgan fingerprint density at radius 3 is 2.41 bits per heavy atom. The molecule has 2 aromatic carbocycles. The lowest BCUT2D eigenvalue weighted by Crippen LogP contribution is -2.54. The van der Waals surface area contributed by atoms with Crippen molar-refractivity contribution in [2.24, 2.45) is 16.8 Å². The number of rotatable bonds is 10. The second kappa shape index (κ2) is 12.7. The molecule has 1 aliphatic heterocycles.